The first kappa shape index (κ1) is 12.7. The van der Waals surface area contributed by atoms with E-state index in [2.05, 4.69) is 0 Å². The highest BCUT2D eigenvalue weighted by Gasteiger charge is 2.52. The van der Waals surface area contributed by atoms with Crippen molar-refractivity contribution in [3.05, 3.63) is 0 Å². The van der Waals surface area contributed by atoms with Crippen LogP contribution < -0.4 is 0 Å². The molecule has 0 aromatic carbocycles. The molecule has 4 aliphatic rings. The predicted molar refractivity (Wildman–Crippen MR) is 73.0 cm³/mol. The zero-order valence-electron chi connectivity index (χ0n) is 11.8. The minimum Gasteiger partial charge on any atom is -0.481 e. The monoisotopic (exact) mass is 277 g/mol. The van der Waals surface area contributed by atoms with Crippen LogP contribution >= 0.6 is 0 Å². The van der Waals surface area contributed by atoms with Gasteiger partial charge in [-0.25, -0.2) is 0 Å². The van der Waals surface area contributed by atoms with E-state index in [0.717, 1.165) is 24.7 Å². The normalized spacial score (nSPS) is 45.3. The zero-order chi connectivity index (χ0) is 13.9. The van der Waals surface area contributed by atoms with Crippen molar-refractivity contribution < 1.29 is 14.7 Å². The first-order valence-electron chi connectivity index (χ1n) is 8.17. The molecule has 2 saturated carbocycles. The van der Waals surface area contributed by atoms with E-state index in [4.69, 9.17) is 0 Å². The van der Waals surface area contributed by atoms with Gasteiger partial charge < -0.3 is 10.0 Å². The van der Waals surface area contributed by atoms with Gasteiger partial charge in [0.1, 0.15) is 0 Å². The lowest BCUT2D eigenvalue weighted by atomic mass is 9.86. The lowest BCUT2D eigenvalue weighted by molar-refractivity contribution is -0.143. The number of rotatable bonds is 3. The molecule has 1 N–H and O–H groups in total. The maximum absolute atomic E-state index is 12.6. The summed E-state index contributed by atoms with van der Waals surface area (Å²) in [5.74, 6) is 1.47. The van der Waals surface area contributed by atoms with Gasteiger partial charge in [0.2, 0.25) is 5.91 Å². The molecule has 0 aromatic heterocycles. The number of hydrogen-bond acceptors (Lipinski definition) is 2. The van der Waals surface area contributed by atoms with Gasteiger partial charge in [0.25, 0.3) is 0 Å². The minimum absolute atomic E-state index is 0.0106. The van der Waals surface area contributed by atoms with E-state index in [0.29, 0.717) is 18.8 Å². The van der Waals surface area contributed by atoms with Gasteiger partial charge in [-0.15, -0.1) is 0 Å². The van der Waals surface area contributed by atoms with Gasteiger partial charge in [-0.1, -0.05) is 6.42 Å². The maximum Gasteiger partial charge on any atom is 0.308 e. The third-order valence-corrected chi connectivity index (χ3v) is 6.46. The number of amides is 1. The summed E-state index contributed by atoms with van der Waals surface area (Å²) in [7, 11) is 0. The van der Waals surface area contributed by atoms with Crippen molar-refractivity contribution in [3.63, 3.8) is 0 Å². The third-order valence-electron chi connectivity index (χ3n) is 6.46. The topological polar surface area (TPSA) is 57.6 Å². The predicted octanol–water partition coefficient (Wildman–Crippen LogP) is 2.28. The number of aliphatic carboxylic acids is 1. The second-order valence-corrected chi connectivity index (χ2v) is 7.42. The minimum atomic E-state index is -0.713. The highest BCUT2D eigenvalue weighted by Crippen LogP contribution is 2.50. The fourth-order valence-electron chi connectivity index (χ4n) is 5.60. The Bertz CT molecular complexity index is 449. The van der Waals surface area contributed by atoms with Crippen LogP contribution in [0.4, 0.5) is 0 Å². The smallest absolute Gasteiger partial charge is 0.308 e. The molecule has 20 heavy (non-hydrogen) atoms. The van der Waals surface area contributed by atoms with Crippen LogP contribution in [0.1, 0.15) is 51.4 Å². The molecule has 4 nitrogen and oxygen atoms in total. The molecule has 6 atom stereocenters. The van der Waals surface area contributed by atoms with Crippen LogP contribution in [0, 0.1) is 23.7 Å². The molecule has 0 aromatic rings. The van der Waals surface area contributed by atoms with Crippen molar-refractivity contribution in [2.24, 2.45) is 23.7 Å². The Morgan fingerprint density at radius 1 is 1.05 bits per heavy atom. The summed E-state index contributed by atoms with van der Waals surface area (Å²) in [6, 6.07) is 0.204. The summed E-state index contributed by atoms with van der Waals surface area (Å²) in [4.78, 5) is 25.9. The van der Waals surface area contributed by atoms with Crippen LogP contribution in [0.5, 0.6) is 0 Å². The molecule has 4 fully saturated rings. The Labute approximate surface area is 119 Å². The highest BCUT2D eigenvalue weighted by molar-refractivity contribution is 5.80. The number of carbonyl (C=O) groups excluding carboxylic acids is 1. The summed E-state index contributed by atoms with van der Waals surface area (Å²) in [5, 5.41) is 9.27. The van der Waals surface area contributed by atoms with Gasteiger partial charge >= 0.3 is 5.97 Å². The maximum atomic E-state index is 12.6. The Morgan fingerprint density at radius 2 is 1.90 bits per heavy atom. The fourth-order valence-corrected chi connectivity index (χ4v) is 5.60. The summed E-state index contributed by atoms with van der Waals surface area (Å²) >= 11 is 0. The van der Waals surface area contributed by atoms with Crippen LogP contribution in [-0.2, 0) is 9.59 Å². The van der Waals surface area contributed by atoms with Crippen molar-refractivity contribution in [2.75, 3.05) is 0 Å². The Hall–Kier alpha value is -1.06. The molecule has 110 valence electrons. The van der Waals surface area contributed by atoms with Crippen LogP contribution in [0.3, 0.4) is 0 Å². The third kappa shape index (κ3) is 1.80. The van der Waals surface area contributed by atoms with Crippen molar-refractivity contribution in [1.82, 2.24) is 4.90 Å². The number of carboxylic acids is 1. The molecule has 0 radical (unpaired) electrons. The van der Waals surface area contributed by atoms with Gasteiger partial charge in [-0.3, -0.25) is 9.59 Å². The van der Waals surface area contributed by atoms with Gasteiger partial charge in [-0.05, 0) is 56.3 Å². The van der Waals surface area contributed by atoms with E-state index in [-0.39, 0.29) is 23.9 Å². The van der Waals surface area contributed by atoms with E-state index >= 15 is 0 Å². The van der Waals surface area contributed by atoms with Crippen LogP contribution in [0.2, 0.25) is 0 Å². The zero-order valence-corrected chi connectivity index (χ0v) is 11.8. The molecule has 6 unspecified atom stereocenters. The first-order chi connectivity index (χ1) is 9.63. The van der Waals surface area contributed by atoms with E-state index in [9.17, 15) is 14.7 Å². The SMILES string of the molecule is O=C(O)C1CC2CCC1N2C(=O)CC1CC2CCC1C2. The van der Waals surface area contributed by atoms with E-state index in [1.165, 1.54) is 25.7 Å². The molecule has 4 bridgehead atoms. The highest BCUT2D eigenvalue weighted by atomic mass is 16.4. The molecule has 2 saturated heterocycles. The number of carboxylic acid groups (broad SMARTS) is 1. The summed E-state index contributed by atoms with van der Waals surface area (Å²) in [5.41, 5.74) is 0. The van der Waals surface area contributed by atoms with Gasteiger partial charge in [0, 0.05) is 18.5 Å². The van der Waals surface area contributed by atoms with E-state index < -0.39 is 5.97 Å². The molecule has 2 aliphatic carbocycles. The summed E-state index contributed by atoms with van der Waals surface area (Å²) < 4.78 is 0. The average molecular weight is 277 g/mol. The second kappa shape index (κ2) is 4.47. The van der Waals surface area contributed by atoms with Crippen LogP contribution in [0.15, 0.2) is 0 Å². The molecule has 2 heterocycles. The molecule has 0 spiro atoms. The molecular formula is C16H23NO3. The number of hydrogen-bond donors (Lipinski definition) is 1. The lowest BCUT2D eigenvalue weighted by Gasteiger charge is -2.27. The molecule has 1 amide bonds. The van der Waals surface area contributed by atoms with E-state index in [1.54, 1.807) is 0 Å². The average Bonchev–Trinajstić information content (AvgIpc) is 3.17. The van der Waals surface area contributed by atoms with Crippen LogP contribution in [-0.4, -0.2) is 34.0 Å². The Balaban J connectivity index is 1.43. The molecular weight excluding hydrogens is 254 g/mol. The quantitative estimate of drug-likeness (QED) is 0.861. The Kier molecular flexibility index (Phi) is 2.83. The van der Waals surface area contributed by atoms with E-state index in [1.807, 2.05) is 4.90 Å². The van der Waals surface area contributed by atoms with Gasteiger partial charge in [0.15, 0.2) is 0 Å². The summed E-state index contributed by atoms with van der Waals surface area (Å²) in [6.45, 7) is 0. The number of nitrogens with zero attached hydrogens (tertiary/aromatic N) is 1. The van der Waals surface area contributed by atoms with Crippen molar-refractivity contribution in [1.29, 1.82) is 0 Å². The van der Waals surface area contributed by atoms with Crippen molar-refractivity contribution in [2.45, 2.75) is 63.5 Å². The first-order valence-corrected chi connectivity index (χ1v) is 8.17. The number of fused-ring (bicyclic) bond motifs is 4. The molecule has 4 rings (SSSR count). The van der Waals surface area contributed by atoms with Crippen molar-refractivity contribution in [3.8, 4) is 0 Å². The largest absolute Gasteiger partial charge is 0.481 e. The van der Waals surface area contributed by atoms with Crippen LogP contribution in [0.25, 0.3) is 0 Å². The summed E-state index contributed by atoms with van der Waals surface area (Å²) in [6.07, 6.45) is 8.52. The fraction of sp³-hybridized carbons (Fsp3) is 0.875. The molecule has 2 aliphatic heterocycles. The molecule has 4 heteroatoms. The number of carbonyl (C=O) groups is 2. The van der Waals surface area contributed by atoms with Gasteiger partial charge in [-0.2, -0.15) is 0 Å². The Morgan fingerprint density at radius 3 is 2.50 bits per heavy atom. The lowest BCUT2D eigenvalue weighted by Crippen LogP contribution is -2.39. The van der Waals surface area contributed by atoms with Gasteiger partial charge in [0.05, 0.1) is 5.92 Å². The second-order valence-electron chi connectivity index (χ2n) is 7.42. The van der Waals surface area contributed by atoms with Crippen molar-refractivity contribution >= 4 is 11.9 Å². The standard InChI is InChI=1S/C16H23NO3/c18-15(7-11-6-9-1-2-10(11)5-9)17-12-3-4-14(17)13(8-12)16(19)20/h9-14H,1-8H2,(H,19,20).